The first-order valence-electron chi connectivity index (χ1n) is 8.15. The summed E-state index contributed by atoms with van der Waals surface area (Å²) in [6, 6.07) is 0. The Morgan fingerprint density at radius 1 is 1.33 bits per heavy atom. The molecule has 0 aromatic carbocycles. The summed E-state index contributed by atoms with van der Waals surface area (Å²) in [5.41, 5.74) is 1.35. The van der Waals surface area contributed by atoms with Gasteiger partial charge in [0.1, 0.15) is 0 Å². The fourth-order valence-electron chi connectivity index (χ4n) is 3.38. The highest BCUT2D eigenvalue weighted by Gasteiger charge is 2.32. The first-order valence-corrected chi connectivity index (χ1v) is 8.15. The summed E-state index contributed by atoms with van der Waals surface area (Å²) in [4.78, 5) is 0. The maximum atomic E-state index is 9.58. The number of rotatable bonds is 6. The van der Waals surface area contributed by atoms with Crippen LogP contribution in [0.25, 0.3) is 0 Å². The van der Waals surface area contributed by atoms with Crippen LogP contribution in [0.5, 0.6) is 0 Å². The Kier molecular flexibility index (Phi) is 5.57. The van der Waals surface area contributed by atoms with Crippen LogP contribution in [0.15, 0.2) is 16.1 Å². The van der Waals surface area contributed by atoms with Gasteiger partial charge in [-0.2, -0.15) is 0 Å². The third kappa shape index (κ3) is 3.94. The molecule has 1 aliphatic carbocycles. The normalized spacial score (nSPS) is 26.2. The van der Waals surface area contributed by atoms with Crippen molar-refractivity contribution in [2.75, 3.05) is 6.61 Å². The number of aliphatic hydroxyl groups excluding tert-OH is 1. The van der Waals surface area contributed by atoms with E-state index in [-0.39, 0.29) is 6.61 Å². The van der Waals surface area contributed by atoms with E-state index >= 15 is 0 Å². The van der Waals surface area contributed by atoms with E-state index in [2.05, 4.69) is 44.0 Å². The van der Waals surface area contributed by atoms with Gasteiger partial charge in [-0.3, -0.25) is 0 Å². The summed E-state index contributed by atoms with van der Waals surface area (Å²) < 4.78 is 5.73. The molecule has 1 aromatic heterocycles. The average Bonchev–Trinajstić information content (AvgIpc) is 2.88. The zero-order valence-corrected chi connectivity index (χ0v) is 13.7. The van der Waals surface area contributed by atoms with Crippen molar-refractivity contribution in [3.05, 3.63) is 23.4 Å². The molecule has 2 rings (SSSR count). The molecule has 1 N–H and O–H groups in total. The van der Waals surface area contributed by atoms with Crippen molar-refractivity contribution < 1.29 is 9.52 Å². The molecule has 0 amide bonds. The highest BCUT2D eigenvalue weighted by atomic mass is 16.4. The number of hydrogen-bond acceptors (Lipinski definition) is 4. The van der Waals surface area contributed by atoms with Crippen LogP contribution in [0.3, 0.4) is 0 Å². The minimum atomic E-state index is 0.244. The van der Waals surface area contributed by atoms with E-state index in [0.717, 1.165) is 37.5 Å². The van der Waals surface area contributed by atoms with E-state index < -0.39 is 0 Å². The zero-order chi connectivity index (χ0) is 15.4. The fourth-order valence-corrected chi connectivity index (χ4v) is 3.38. The average molecular weight is 292 g/mol. The lowest BCUT2D eigenvalue weighted by molar-refractivity contribution is 0.147. The molecule has 3 atom stereocenters. The van der Waals surface area contributed by atoms with Crippen LogP contribution in [-0.4, -0.2) is 21.9 Å². The van der Waals surface area contributed by atoms with Gasteiger partial charge in [0.15, 0.2) is 0 Å². The molecule has 0 saturated heterocycles. The van der Waals surface area contributed by atoms with Gasteiger partial charge in [-0.25, -0.2) is 0 Å². The van der Waals surface area contributed by atoms with Crippen molar-refractivity contribution in [3.8, 4) is 0 Å². The van der Waals surface area contributed by atoms with Gasteiger partial charge < -0.3 is 9.52 Å². The molecule has 1 heterocycles. The van der Waals surface area contributed by atoms with Crippen molar-refractivity contribution in [1.29, 1.82) is 0 Å². The van der Waals surface area contributed by atoms with Crippen LogP contribution >= 0.6 is 0 Å². The van der Waals surface area contributed by atoms with Gasteiger partial charge >= 0.3 is 0 Å². The maximum absolute atomic E-state index is 9.58. The number of hydrogen-bond donors (Lipinski definition) is 1. The number of aromatic nitrogens is 2. The lowest BCUT2D eigenvalue weighted by Gasteiger charge is -2.36. The van der Waals surface area contributed by atoms with Gasteiger partial charge in [0, 0.05) is 25.4 Å². The molecular formula is C17H28N2O2. The van der Waals surface area contributed by atoms with Gasteiger partial charge in [0.05, 0.1) is 0 Å². The third-order valence-corrected chi connectivity index (χ3v) is 4.69. The van der Waals surface area contributed by atoms with Crippen molar-refractivity contribution in [2.45, 2.75) is 53.4 Å². The van der Waals surface area contributed by atoms with Gasteiger partial charge in [-0.1, -0.05) is 32.4 Å². The van der Waals surface area contributed by atoms with Crippen LogP contribution in [0.2, 0.25) is 0 Å². The van der Waals surface area contributed by atoms with Crippen molar-refractivity contribution in [2.24, 2.45) is 23.7 Å². The molecule has 1 aromatic rings. The summed E-state index contributed by atoms with van der Waals surface area (Å²) in [6.07, 6.45) is 6.05. The fraction of sp³-hybridized carbons (Fsp3) is 0.765. The second-order valence-corrected chi connectivity index (χ2v) is 6.64. The van der Waals surface area contributed by atoms with Crippen LogP contribution in [0.4, 0.5) is 0 Å². The third-order valence-electron chi connectivity index (χ3n) is 4.69. The topological polar surface area (TPSA) is 59.2 Å². The molecular weight excluding hydrogens is 264 g/mol. The van der Waals surface area contributed by atoms with Gasteiger partial charge in [-0.15, -0.1) is 10.2 Å². The summed E-state index contributed by atoms with van der Waals surface area (Å²) >= 11 is 0. The molecule has 1 aliphatic rings. The standard InChI is InChI=1S/C17H28N2O2/c1-5-6-16-18-19-17(21-16)9-13-8-15(11(2)3)14(10-20)7-12(13)4/h7,11,13-15,20H,5-6,8-10H2,1-4H3/t13-,14+,15+/m1/s1. The summed E-state index contributed by atoms with van der Waals surface area (Å²) in [6.45, 7) is 9.00. The molecule has 0 fully saturated rings. The Labute approximate surface area is 127 Å². The van der Waals surface area contributed by atoms with Gasteiger partial charge in [0.2, 0.25) is 11.8 Å². The molecule has 0 spiro atoms. The molecule has 0 radical (unpaired) electrons. The molecule has 0 aliphatic heterocycles. The second-order valence-electron chi connectivity index (χ2n) is 6.64. The molecule has 0 saturated carbocycles. The molecule has 0 unspecified atom stereocenters. The Morgan fingerprint density at radius 3 is 2.67 bits per heavy atom. The van der Waals surface area contributed by atoms with Gasteiger partial charge in [-0.05, 0) is 37.5 Å². The quantitative estimate of drug-likeness (QED) is 0.816. The highest BCUT2D eigenvalue weighted by Crippen LogP contribution is 2.38. The van der Waals surface area contributed by atoms with E-state index in [0.29, 0.717) is 23.7 Å². The first-order chi connectivity index (χ1) is 10.0. The van der Waals surface area contributed by atoms with Crippen molar-refractivity contribution >= 4 is 0 Å². The van der Waals surface area contributed by atoms with E-state index in [9.17, 15) is 5.11 Å². The molecule has 4 heteroatoms. The number of allylic oxidation sites excluding steroid dienone is 1. The van der Waals surface area contributed by atoms with Crippen LogP contribution in [0.1, 0.15) is 52.3 Å². The largest absolute Gasteiger partial charge is 0.425 e. The van der Waals surface area contributed by atoms with Crippen LogP contribution < -0.4 is 0 Å². The minimum absolute atomic E-state index is 0.244. The highest BCUT2D eigenvalue weighted by molar-refractivity contribution is 5.13. The lowest BCUT2D eigenvalue weighted by Crippen LogP contribution is -2.30. The Balaban J connectivity index is 2.08. The number of aliphatic hydroxyl groups is 1. The van der Waals surface area contributed by atoms with Crippen molar-refractivity contribution in [1.82, 2.24) is 10.2 Å². The molecule has 118 valence electrons. The van der Waals surface area contributed by atoms with E-state index in [4.69, 9.17) is 4.42 Å². The molecule has 4 nitrogen and oxygen atoms in total. The van der Waals surface area contributed by atoms with Crippen LogP contribution in [-0.2, 0) is 12.8 Å². The van der Waals surface area contributed by atoms with Crippen LogP contribution in [0, 0.1) is 23.7 Å². The van der Waals surface area contributed by atoms with E-state index in [1.165, 1.54) is 5.57 Å². The first kappa shape index (κ1) is 16.2. The summed E-state index contributed by atoms with van der Waals surface area (Å²) in [5.74, 6) is 3.35. The predicted molar refractivity (Wildman–Crippen MR) is 82.8 cm³/mol. The monoisotopic (exact) mass is 292 g/mol. The lowest BCUT2D eigenvalue weighted by atomic mass is 9.70. The zero-order valence-electron chi connectivity index (χ0n) is 13.7. The number of aryl methyl sites for hydroxylation is 1. The molecule has 21 heavy (non-hydrogen) atoms. The number of nitrogens with zero attached hydrogens (tertiary/aromatic N) is 2. The Bertz CT molecular complexity index is 479. The SMILES string of the molecule is CCCc1nnc(C[C@H]2C[C@@H](C(C)C)[C@H](CO)C=C2C)o1. The van der Waals surface area contributed by atoms with E-state index in [1.54, 1.807) is 0 Å². The smallest absolute Gasteiger partial charge is 0.217 e. The Morgan fingerprint density at radius 2 is 2.05 bits per heavy atom. The Hall–Kier alpha value is -1.16. The maximum Gasteiger partial charge on any atom is 0.217 e. The van der Waals surface area contributed by atoms with E-state index in [1.807, 2.05) is 0 Å². The summed E-state index contributed by atoms with van der Waals surface area (Å²) in [5, 5.41) is 17.9. The van der Waals surface area contributed by atoms with Crippen molar-refractivity contribution in [3.63, 3.8) is 0 Å². The second kappa shape index (κ2) is 7.21. The van der Waals surface area contributed by atoms with Gasteiger partial charge in [0.25, 0.3) is 0 Å². The molecule has 0 bridgehead atoms. The minimum Gasteiger partial charge on any atom is -0.425 e. The summed E-state index contributed by atoms with van der Waals surface area (Å²) in [7, 11) is 0. The predicted octanol–water partition coefficient (Wildman–Crippen LogP) is 3.41.